The van der Waals surface area contributed by atoms with Gasteiger partial charge in [0.1, 0.15) is 4.70 Å². The van der Waals surface area contributed by atoms with E-state index in [1.54, 1.807) is 0 Å². The summed E-state index contributed by atoms with van der Waals surface area (Å²) < 4.78 is 2.44. The zero-order valence-electron chi connectivity index (χ0n) is 7.83. The molecule has 0 unspecified atom stereocenters. The van der Waals surface area contributed by atoms with Gasteiger partial charge in [-0.3, -0.25) is 9.78 Å². The van der Waals surface area contributed by atoms with Gasteiger partial charge in [0.05, 0.1) is 5.52 Å². The van der Waals surface area contributed by atoms with Crippen LogP contribution >= 0.6 is 27.3 Å². The molecule has 0 spiro atoms. The summed E-state index contributed by atoms with van der Waals surface area (Å²) in [6.07, 6.45) is 0. The second-order valence-corrected chi connectivity index (χ2v) is 5.32. The van der Waals surface area contributed by atoms with Crippen LogP contribution < -0.4 is 11.2 Å². The molecular weight excluding hydrogens is 292 g/mol. The van der Waals surface area contributed by atoms with Crippen LogP contribution in [0.25, 0.3) is 20.3 Å². The number of nitrogens with one attached hydrogen (secondary N) is 2. The molecule has 0 radical (unpaired) electrons. The molecule has 16 heavy (non-hydrogen) atoms. The van der Waals surface area contributed by atoms with Gasteiger partial charge < -0.3 is 4.98 Å². The lowest BCUT2D eigenvalue weighted by atomic mass is 10.2. The van der Waals surface area contributed by atoms with Crippen LogP contribution in [0.2, 0.25) is 0 Å². The number of hydrogen-bond donors (Lipinski definition) is 2. The van der Waals surface area contributed by atoms with Crippen LogP contribution in [0.15, 0.2) is 32.3 Å². The Hall–Kier alpha value is -1.40. The lowest BCUT2D eigenvalue weighted by Gasteiger charge is -1.91. The molecule has 0 saturated carbocycles. The zero-order valence-corrected chi connectivity index (χ0v) is 10.2. The van der Waals surface area contributed by atoms with E-state index in [9.17, 15) is 9.59 Å². The number of hydrogen-bond acceptors (Lipinski definition) is 3. The van der Waals surface area contributed by atoms with Crippen molar-refractivity contribution < 1.29 is 0 Å². The van der Waals surface area contributed by atoms with Crippen LogP contribution in [0.1, 0.15) is 0 Å². The van der Waals surface area contributed by atoms with Crippen molar-refractivity contribution in [3.8, 4) is 0 Å². The van der Waals surface area contributed by atoms with Crippen molar-refractivity contribution in [1.29, 1.82) is 0 Å². The monoisotopic (exact) mass is 296 g/mol. The third-order valence-corrected chi connectivity index (χ3v) is 3.98. The fourth-order valence-electron chi connectivity index (χ4n) is 1.66. The minimum absolute atomic E-state index is 0.337. The summed E-state index contributed by atoms with van der Waals surface area (Å²) in [4.78, 5) is 27.7. The van der Waals surface area contributed by atoms with E-state index in [4.69, 9.17) is 0 Å². The molecular formula is C10H5BrN2O2S. The summed E-state index contributed by atoms with van der Waals surface area (Å²) in [6, 6.07) is 5.72. The smallest absolute Gasteiger partial charge is 0.305 e. The van der Waals surface area contributed by atoms with Crippen molar-refractivity contribution >= 4 is 47.6 Å². The highest BCUT2D eigenvalue weighted by Gasteiger charge is 2.09. The number of aromatic amines is 2. The standard InChI is InChI=1S/C10H5BrN2O2S/c11-4-1-2-6-5(3-4)7-8(16-6)9(14)13-10(15)12-7/h1-3H,(H2,12,13,14,15). The maximum Gasteiger partial charge on any atom is 0.326 e. The Bertz CT molecular complexity index is 815. The van der Waals surface area contributed by atoms with Gasteiger partial charge in [-0.2, -0.15) is 0 Å². The predicted molar refractivity (Wildman–Crippen MR) is 68.3 cm³/mol. The van der Waals surface area contributed by atoms with Gasteiger partial charge in [0.2, 0.25) is 0 Å². The van der Waals surface area contributed by atoms with Crippen molar-refractivity contribution in [1.82, 2.24) is 9.97 Å². The van der Waals surface area contributed by atoms with E-state index in [0.29, 0.717) is 10.2 Å². The highest BCUT2D eigenvalue weighted by molar-refractivity contribution is 9.10. The highest BCUT2D eigenvalue weighted by atomic mass is 79.9. The van der Waals surface area contributed by atoms with Gasteiger partial charge >= 0.3 is 5.69 Å². The van der Waals surface area contributed by atoms with Gasteiger partial charge in [0.15, 0.2) is 0 Å². The molecule has 2 N–H and O–H groups in total. The quantitative estimate of drug-likeness (QED) is 0.668. The Morgan fingerprint density at radius 2 is 2.00 bits per heavy atom. The predicted octanol–water partition coefficient (Wildman–Crippen LogP) is 2.19. The first kappa shape index (κ1) is 9.80. The summed E-state index contributed by atoms with van der Waals surface area (Å²) in [6.45, 7) is 0. The van der Waals surface area contributed by atoms with Crippen molar-refractivity contribution in [2.75, 3.05) is 0 Å². The number of fused-ring (bicyclic) bond motifs is 3. The van der Waals surface area contributed by atoms with Crippen molar-refractivity contribution in [3.63, 3.8) is 0 Å². The molecule has 0 fully saturated rings. The molecule has 4 nitrogen and oxygen atoms in total. The lowest BCUT2D eigenvalue weighted by molar-refractivity contribution is 1.09. The van der Waals surface area contributed by atoms with E-state index in [-0.39, 0.29) is 5.56 Å². The first-order valence-corrected chi connectivity index (χ1v) is 6.10. The molecule has 6 heteroatoms. The second kappa shape index (κ2) is 3.29. The number of benzene rings is 1. The Balaban J connectivity index is 2.68. The number of H-pyrrole nitrogens is 2. The third-order valence-electron chi connectivity index (χ3n) is 2.32. The van der Waals surface area contributed by atoms with Crippen LogP contribution in [0.3, 0.4) is 0 Å². The zero-order chi connectivity index (χ0) is 11.3. The fraction of sp³-hybridized carbons (Fsp3) is 0. The van der Waals surface area contributed by atoms with Gasteiger partial charge in [-0.25, -0.2) is 4.79 Å². The summed E-state index contributed by atoms with van der Waals surface area (Å²) >= 11 is 4.74. The van der Waals surface area contributed by atoms with Gasteiger partial charge in [-0.05, 0) is 18.2 Å². The number of rotatable bonds is 0. The number of thiophene rings is 1. The maximum atomic E-state index is 11.6. The molecule has 0 bridgehead atoms. The molecule has 2 heterocycles. The average molecular weight is 297 g/mol. The van der Waals surface area contributed by atoms with E-state index in [2.05, 4.69) is 25.9 Å². The second-order valence-electron chi connectivity index (χ2n) is 3.35. The van der Waals surface area contributed by atoms with Crippen molar-refractivity contribution in [3.05, 3.63) is 43.5 Å². The van der Waals surface area contributed by atoms with E-state index in [0.717, 1.165) is 14.6 Å². The van der Waals surface area contributed by atoms with E-state index >= 15 is 0 Å². The Morgan fingerprint density at radius 1 is 1.19 bits per heavy atom. The molecule has 3 aromatic rings. The Labute approximate surface area is 101 Å². The molecule has 0 saturated heterocycles. The fourth-order valence-corrected chi connectivity index (χ4v) is 3.05. The minimum atomic E-state index is -0.475. The van der Waals surface area contributed by atoms with Crippen LogP contribution in [0.4, 0.5) is 0 Å². The van der Waals surface area contributed by atoms with Crippen LogP contribution in [0, 0.1) is 0 Å². The first-order valence-electron chi connectivity index (χ1n) is 4.49. The summed E-state index contributed by atoms with van der Waals surface area (Å²) in [5.74, 6) is 0. The minimum Gasteiger partial charge on any atom is -0.305 e. The molecule has 0 aliphatic carbocycles. The number of halogens is 1. The average Bonchev–Trinajstić information content (AvgIpc) is 2.57. The van der Waals surface area contributed by atoms with E-state index < -0.39 is 5.69 Å². The lowest BCUT2D eigenvalue weighted by Crippen LogP contribution is -2.20. The molecule has 80 valence electrons. The number of aromatic nitrogens is 2. The Morgan fingerprint density at radius 3 is 2.81 bits per heavy atom. The molecule has 0 amide bonds. The SMILES string of the molecule is O=c1[nH]c(=O)c2sc3ccc(Br)cc3c2[nH]1. The van der Waals surface area contributed by atoms with Gasteiger partial charge in [0, 0.05) is 14.6 Å². The maximum absolute atomic E-state index is 11.6. The first-order chi connectivity index (χ1) is 7.65. The highest BCUT2D eigenvalue weighted by Crippen LogP contribution is 2.31. The summed E-state index contributed by atoms with van der Waals surface area (Å²) in [7, 11) is 0. The Kier molecular flexibility index (Phi) is 2.02. The summed E-state index contributed by atoms with van der Waals surface area (Å²) in [5.41, 5.74) is -0.205. The van der Waals surface area contributed by atoms with E-state index in [1.807, 2.05) is 18.2 Å². The van der Waals surface area contributed by atoms with Crippen LogP contribution in [0.5, 0.6) is 0 Å². The van der Waals surface area contributed by atoms with Crippen LogP contribution in [-0.2, 0) is 0 Å². The van der Waals surface area contributed by atoms with Gasteiger partial charge in [-0.1, -0.05) is 15.9 Å². The normalized spacial score (nSPS) is 11.3. The van der Waals surface area contributed by atoms with Gasteiger partial charge in [-0.15, -0.1) is 11.3 Å². The molecule has 1 aromatic carbocycles. The van der Waals surface area contributed by atoms with Crippen LogP contribution in [-0.4, -0.2) is 9.97 Å². The molecule has 0 atom stereocenters. The molecule has 3 rings (SSSR count). The summed E-state index contributed by atoms with van der Waals surface area (Å²) in [5, 5.41) is 0.887. The van der Waals surface area contributed by atoms with Crippen molar-refractivity contribution in [2.24, 2.45) is 0 Å². The van der Waals surface area contributed by atoms with Crippen molar-refractivity contribution in [2.45, 2.75) is 0 Å². The van der Waals surface area contributed by atoms with E-state index in [1.165, 1.54) is 11.3 Å². The molecule has 2 aromatic heterocycles. The molecule has 0 aliphatic heterocycles. The largest absolute Gasteiger partial charge is 0.326 e. The molecule has 0 aliphatic rings. The van der Waals surface area contributed by atoms with Gasteiger partial charge in [0.25, 0.3) is 5.56 Å². The topological polar surface area (TPSA) is 65.7 Å². The third kappa shape index (κ3) is 1.34.